The number of rotatable bonds is 3. The molecular formula is C10H7ClO2S. The number of ether oxygens (including phenoxy) is 1. The summed E-state index contributed by atoms with van der Waals surface area (Å²) in [7, 11) is 0. The standard InChI is InChI=1S/C10H7ClO2S/c1-7(6-14)10(12)13-9-4-2-8(11)3-5-9/h2-6H,1H2. The molecule has 1 rings (SSSR count). The molecule has 1 aromatic rings. The first kappa shape index (κ1) is 10.9. The third-order valence-corrected chi connectivity index (χ3v) is 1.97. The van der Waals surface area contributed by atoms with Crippen LogP contribution in [-0.4, -0.2) is 11.3 Å². The first-order valence-corrected chi connectivity index (χ1v) is 4.60. The van der Waals surface area contributed by atoms with E-state index in [0.29, 0.717) is 10.8 Å². The van der Waals surface area contributed by atoms with E-state index in [2.05, 4.69) is 18.8 Å². The maximum atomic E-state index is 11.2. The Kier molecular flexibility index (Phi) is 3.80. The van der Waals surface area contributed by atoms with Gasteiger partial charge < -0.3 is 4.74 Å². The van der Waals surface area contributed by atoms with E-state index in [1.807, 2.05) is 0 Å². The lowest BCUT2D eigenvalue weighted by atomic mass is 10.3. The fourth-order valence-corrected chi connectivity index (χ4v) is 0.946. The van der Waals surface area contributed by atoms with Crippen molar-refractivity contribution in [2.75, 3.05) is 0 Å². The van der Waals surface area contributed by atoms with Gasteiger partial charge in [0.25, 0.3) is 0 Å². The second kappa shape index (κ2) is 4.88. The molecule has 2 nitrogen and oxygen atoms in total. The average molecular weight is 227 g/mol. The number of benzene rings is 1. The van der Waals surface area contributed by atoms with Crippen LogP contribution in [-0.2, 0) is 4.79 Å². The molecule has 0 N–H and O–H groups in total. The molecule has 0 aliphatic rings. The lowest BCUT2D eigenvalue weighted by Gasteiger charge is -2.02. The largest absolute Gasteiger partial charge is 0.423 e. The number of hydrogen-bond donors (Lipinski definition) is 0. The molecule has 0 aromatic heterocycles. The quantitative estimate of drug-likeness (QED) is 0.343. The van der Waals surface area contributed by atoms with Crippen LogP contribution in [0.5, 0.6) is 5.75 Å². The van der Waals surface area contributed by atoms with Crippen molar-refractivity contribution in [3.8, 4) is 5.75 Å². The highest BCUT2D eigenvalue weighted by Gasteiger charge is 2.06. The summed E-state index contributed by atoms with van der Waals surface area (Å²) in [5.41, 5.74) is 0.148. The van der Waals surface area contributed by atoms with Crippen molar-refractivity contribution in [1.29, 1.82) is 0 Å². The SMILES string of the molecule is C=C(C=S)C(=O)Oc1ccc(Cl)cc1. The van der Waals surface area contributed by atoms with Gasteiger partial charge in [0.1, 0.15) is 5.75 Å². The molecule has 0 saturated heterocycles. The van der Waals surface area contributed by atoms with Crippen LogP contribution >= 0.6 is 23.8 Å². The Morgan fingerprint density at radius 3 is 2.50 bits per heavy atom. The minimum atomic E-state index is -0.553. The van der Waals surface area contributed by atoms with Crippen LogP contribution in [0, 0.1) is 0 Å². The molecule has 0 amide bonds. The van der Waals surface area contributed by atoms with Gasteiger partial charge in [-0.25, -0.2) is 4.79 Å². The Hall–Kier alpha value is -1.19. The summed E-state index contributed by atoms with van der Waals surface area (Å²) >= 11 is 10.2. The summed E-state index contributed by atoms with van der Waals surface area (Å²) in [5, 5.41) is 1.76. The number of hydrogen-bond acceptors (Lipinski definition) is 3. The molecule has 1 aromatic carbocycles. The second-order valence-corrected chi connectivity index (χ2v) is 3.16. The molecule has 14 heavy (non-hydrogen) atoms. The van der Waals surface area contributed by atoms with Crippen molar-refractivity contribution in [2.24, 2.45) is 0 Å². The second-order valence-electron chi connectivity index (χ2n) is 2.49. The number of esters is 1. The van der Waals surface area contributed by atoms with Gasteiger partial charge in [0.2, 0.25) is 0 Å². The van der Waals surface area contributed by atoms with E-state index >= 15 is 0 Å². The average Bonchev–Trinajstić information content (AvgIpc) is 2.20. The summed E-state index contributed by atoms with van der Waals surface area (Å²) in [6.45, 7) is 3.43. The van der Waals surface area contributed by atoms with Gasteiger partial charge in [0.05, 0.1) is 5.57 Å². The highest BCUT2D eigenvalue weighted by atomic mass is 35.5. The lowest BCUT2D eigenvalue weighted by molar-refractivity contribution is -0.129. The van der Waals surface area contributed by atoms with Crippen LogP contribution in [0.1, 0.15) is 0 Å². The minimum absolute atomic E-state index is 0.148. The predicted molar refractivity (Wildman–Crippen MR) is 59.9 cm³/mol. The van der Waals surface area contributed by atoms with Crippen LogP contribution in [0.4, 0.5) is 0 Å². The van der Waals surface area contributed by atoms with Gasteiger partial charge in [-0.2, -0.15) is 0 Å². The number of halogens is 1. The van der Waals surface area contributed by atoms with Gasteiger partial charge in [-0.05, 0) is 24.3 Å². The minimum Gasteiger partial charge on any atom is -0.423 e. The zero-order valence-corrected chi connectivity index (χ0v) is 8.77. The van der Waals surface area contributed by atoms with E-state index in [9.17, 15) is 4.79 Å². The van der Waals surface area contributed by atoms with Crippen molar-refractivity contribution in [2.45, 2.75) is 0 Å². The van der Waals surface area contributed by atoms with E-state index in [1.54, 1.807) is 24.3 Å². The molecule has 0 fully saturated rings. The predicted octanol–water partition coefficient (Wildman–Crippen LogP) is 2.80. The normalized spacial score (nSPS) is 9.21. The Morgan fingerprint density at radius 1 is 1.43 bits per heavy atom. The van der Waals surface area contributed by atoms with Gasteiger partial charge in [0, 0.05) is 10.4 Å². The summed E-state index contributed by atoms with van der Waals surface area (Å²) in [6, 6.07) is 6.45. The molecule has 0 unspecified atom stereocenters. The van der Waals surface area contributed by atoms with Crippen molar-refractivity contribution >= 4 is 35.2 Å². The Balaban J connectivity index is 2.70. The molecule has 0 spiro atoms. The Morgan fingerprint density at radius 2 is 2.00 bits per heavy atom. The summed E-state index contributed by atoms with van der Waals surface area (Å²) in [4.78, 5) is 11.2. The molecule has 72 valence electrons. The fraction of sp³-hybridized carbons (Fsp3) is 0. The lowest BCUT2D eigenvalue weighted by Crippen LogP contribution is -2.10. The molecule has 0 saturated carbocycles. The third-order valence-electron chi connectivity index (χ3n) is 1.43. The maximum absolute atomic E-state index is 11.2. The highest BCUT2D eigenvalue weighted by Crippen LogP contribution is 2.16. The monoisotopic (exact) mass is 226 g/mol. The summed E-state index contributed by atoms with van der Waals surface area (Å²) in [5.74, 6) is -0.139. The zero-order chi connectivity index (χ0) is 10.6. The molecule has 0 aliphatic carbocycles. The molecule has 0 radical (unpaired) electrons. The van der Waals surface area contributed by atoms with E-state index in [1.165, 1.54) is 5.37 Å². The molecule has 0 heterocycles. The van der Waals surface area contributed by atoms with Crippen molar-refractivity contribution in [1.82, 2.24) is 0 Å². The number of carbonyl (C=O) groups is 1. The maximum Gasteiger partial charge on any atom is 0.343 e. The molecule has 0 atom stereocenters. The van der Waals surface area contributed by atoms with Gasteiger partial charge >= 0.3 is 5.97 Å². The van der Waals surface area contributed by atoms with Crippen molar-refractivity contribution < 1.29 is 9.53 Å². The molecule has 4 heteroatoms. The van der Waals surface area contributed by atoms with Gasteiger partial charge in [-0.1, -0.05) is 30.4 Å². The fourth-order valence-electron chi connectivity index (χ4n) is 0.723. The first-order chi connectivity index (χ1) is 6.63. The van der Waals surface area contributed by atoms with E-state index in [0.717, 1.165) is 0 Å². The number of thiocarbonyl (C=S) groups is 1. The highest BCUT2D eigenvalue weighted by molar-refractivity contribution is 7.79. The topological polar surface area (TPSA) is 26.3 Å². The van der Waals surface area contributed by atoms with Crippen LogP contribution in [0.15, 0.2) is 36.4 Å². The van der Waals surface area contributed by atoms with Gasteiger partial charge in [-0.15, -0.1) is 0 Å². The first-order valence-electron chi connectivity index (χ1n) is 3.75. The number of carbonyl (C=O) groups excluding carboxylic acids is 1. The molecular weight excluding hydrogens is 220 g/mol. The zero-order valence-electron chi connectivity index (χ0n) is 7.20. The molecule has 0 aliphatic heterocycles. The summed E-state index contributed by atoms with van der Waals surface area (Å²) in [6.07, 6.45) is 0. The van der Waals surface area contributed by atoms with Gasteiger partial charge in [0.15, 0.2) is 0 Å². The smallest absolute Gasteiger partial charge is 0.343 e. The molecule has 0 bridgehead atoms. The Bertz CT molecular complexity index is 370. The van der Waals surface area contributed by atoms with Crippen molar-refractivity contribution in [3.05, 3.63) is 41.4 Å². The van der Waals surface area contributed by atoms with Crippen LogP contribution < -0.4 is 4.74 Å². The van der Waals surface area contributed by atoms with Crippen LogP contribution in [0.25, 0.3) is 0 Å². The van der Waals surface area contributed by atoms with E-state index < -0.39 is 5.97 Å². The summed E-state index contributed by atoms with van der Waals surface area (Å²) < 4.78 is 4.93. The third kappa shape index (κ3) is 2.94. The van der Waals surface area contributed by atoms with Crippen LogP contribution in [0.3, 0.4) is 0 Å². The Labute approximate surface area is 92.1 Å². The van der Waals surface area contributed by atoms with Crippen LogP contribution in [0.2, 0.25) is 5.02 Å². The van der Waals surface area contributed by atoms with E-state index in [-0.39, 0.29) is 5.57 Å². The van der Waals surface area contributed by atoms with Gasteiger partial charge in [-0.3, -0.25) is 0 Å². The van der Waals surface area contributed by atoms with Crippen molar-refractivity contribution in [3.63, 3.8) is 0 Å². The van der Waals surface area contributed by atoms with E-state index in [4.69, 9.17) is 16.3 Å².